The van der Waals surface area contributed by atoms with Gasteiger partial charge in [-0.2, -0.15) is 0 Å². The van der Waals surface area contributed by atoms with Crippen molar-refractivity contribution in [1.29, 1.82) is 0 Å². The Morgan fingerprint density at radius 2 is 1.43 bits per heavy atom. The van der Waals surface area contributed by atoms with Crippen LogP contribution in [0, 0.1) is 0 Å². The zero-order valence-corrected chi connectivity index (χ0v) is 16.0. The molecule has 0 atom stereocenters. The molecule has 0 amide bonds. The van der Waals surface area contributed by atoms with Crippen LogP contribution in [0.25, 0.3) is 11.3 Å². The van der Waals surface area contributed by atoms with Crippen LogP contribution < -0.4 is 17.0 Å². The highest BCUT2D eigenvalue weighted by Crippen LogP contribution is 2.25. The van der Waals surface area contributed by atoms with Gasteiger partial charge in [0.15, 0.2) is 0 Å². The Morgan fingerprint density at radius 3 is 2.07 bits per heavy atom. The summed E-state index contributed by atoms with van der Waals surface area (Å²) in [7, 11) is 0. The first-order valence-corrected chi connectivity index (χ1v) is 9.06. The van der Waals surface area contributed by atoms with Gasteiger partial charge in [0.1, 0.15) is 6.34 Å². The Hall–Kier alpha value is -4.23. The molecule has 3 rings (SSSR count). The SMILES string of the molecule is NNC=Nc1cccc(C(=O)OC(=O)C(=C(N)c2ccccc2)c2ccccc2)c1. The molecule has 0 aromatic heterocycles. The molecule has 0 spiro atoms. The van der Waals surface area contributed by atoms with E-state index >= 15 is 0 Å². The second-order valence-corrected chi connectivity index (χ2v) is 6.17. The smallest absolute Gasteiger partial charge is 0.348 e. The molecule has 0 saturated carbocycles. The first-order valence-electron chi connectivity index (χ1n) is 9.06. The quantitative estimate of drug-likeness (QED) is 0.0855. The second-order valence-electron chi connectivity index (χ2n) is 6.17. The summed E-state index contributed by atoms with van der Waals surface area (Å²) in [6, 6.07) is 24.1. The van der Waals surface area contributed by atoms with E-state index in [2.05, 4.69) is 10.4 Å². The number of hydrogen-bond donors (Lipinski definition) is 3. The number of hydrogen-bond acceptors (Lipinski definition) is 6. The Labute approximate surface area is 173 Å². The van der Waals surface area contributed by atoms with Crippen molar-refractivity contribution in [3.05, 3.63) is 102 Å². The van der Waals surface area contributed by atoms with Crippen molar-refractivity contribution >= 4 is 35.2 Å². The fourth-order valence-corrected chi connectivity index (χ4v) is 2.77. The maximum Gasteiger partial charge on any atom is 0.348 e. The average Bonchev–Trinajstić information content (AvgIpc) is 2.79. The summed E-state index contributed by atoms with van der Waals surface area (Å²) < 4.78 is 5.15. The third-order valence-corrected chi connectivity index (χ3v) is 4.18. The van der Waals surface area contributed by atoms with Gasteiger partial charge in [-0.1, -0.05) is 66.7 Å². The summed E-state index contributed by atoms with van der Waals surface area (Å²) in [5.74, 6) is 3.50. The number of benzene rings is 3. The number of aliphatic imine (C=N–C) groups is 1. The minimum absolute atomic E-state index is 0.108. The highest BCUT2D eigenvalue weighted by Gasteiger charge is 2.22. The standard InChI is InChI=1S/C23H20N4O3/c24-21(17-10-5-2-6-11-17)20(16-8-3-1-4-9-16)23(29)30-22(28)18-12-7-13-19(14-18)26-15-27-25/h1-15H,24-25H2,(H,26,27). The van der Waals surface area contributed by atoms with Crippen LogP contribution in [0.2, 0.25) is 0 Å². The first-order chi connectivity index (χ1) is 14.6. The van der Waals surface area contributed by atoms with Crippen molar-refractivity contribution in [3.8, 4) is 0 Å². The van der Waals surface area contributed by atoms with Crippen LogP contribution in [0.4, 0.5) is 5.69 Å². The Kier molecular flexibility index (Phi) is 6.70. The predicted octanol–water partition coefficient (Wildman–Crippen LogP) is 3.02. The lowest BCUT2D eigenvalue weighted by Gasteiger charge is -2.12. The average molecular weight is 400 g/mol. The normalized spacial score (nSPS) is 11.6. The molecule has 0 aliphatic carbocycles. The molecule has 0 heterocycles. The third kappa shape index (κ3) is 4.98. The first kappa shape index (κ1) is 20.5. The van der Waals surface area contributed by atoms with Gasteiger partial charge in [0, 0.05) is 0 Å². The molecule has 0 bridgehead atoms. The van der Waals surface area contributed by atoms with Crippen LogP contribution in [0.3, 0.4) is 0 Å². The molecular weight excluding hydrogens is 380 g/mol. The van der Waals surface area contributed by atoms with Gasteiger partial charge < -0.3 is 15.9 Å². The molecule has 0 radical (unpaired) electrons. The zero-order valence-electron chi connectivity index (χ0n) is 16.0. The topological polar surface area (TPSA) is 120 Å². The van der Waals surface area contributed by atoms with E-state index in [1.54, 1.807) is 48.5 Å². The lowest BCUT2D eigenvalue weighted by Crippen LogP contribution is -2.18. The fourth-order valence-electron chi connectivity index (χ4n) is 2.77. The maximum atomic E-state index is 13.0. The fraction of sp³-hybridized carbons (Fsp3) is 0. The Bertz CT molecular complexity index is 1090. The van der Waals surface area contributed by atoms with E-state index in [-0.39, 0.29) is 16.8 Å². The van der Waals surface area contributed by atoms with E-state index in [0.717, 1.165) is 0 Å². The number of nitrogens with zero attached hydrogens (tertiary/aromatic N) is 1. The summed E-state index contributed by atoms with van der Waals surface area (Å²) in [5.41, 5.74) is 10.7. The van der Waals surface area contributed by atoms with Crippen LogP contribution in [0.15, 0.2) is 89.9 Å². The minimum Gasteiger partial charge on any atom is -0.398 e. The molecule has 0 saturated heterocycles. The molecule has 30 heavy (non-hydrogen) atoms. The number of hydrazine groups is 1. The van der Waals surface area contributed by atoms with Gasteiger partial charge >= 0.3 is 11.9 Å². The monoisotopic (exact) mass is 400 g/mol. The van der Waals surface area contributed by atoms with Crippen molar-refractivity contribution < 1.29 is 14.3 Å². The molecule has 7 nitrogen and oxygen atoms in total. The van der Waals surface area contributed by atoms with E-state index in [9.17, 15) is 9.59 Å². The molecule has 3 aromatic carbocycles. The maximum absolute atomic E-state index is 13.0. The van der Waals surface area contributed by atoms with Crippen LogP contribution in [0.5, 0.6) is 0 Å². The Morgan fingerprint density at radius 1 is 0.833 bits per heavy atom. The number of rotatable bonds is 6. The van der Waals surface area contributed by atoms with Gasteiger partial charge in [-0.25, -0.2) is 20.4 Å². The molecule has 150 valence electrons. The predicted molar refractivity (Wildman–Crippen MR) is 116 cm³/mol. The van der Waals surface area contributed by atoms with Crippen molar-refractivity contribution in [2.45, 2.75) is 0 Å². The van der Waals surface area contributed by atoms with Crippen LogP contribution >= 0.6 is 0 Å². The van der Waals surface area contributed by atoms with Crippen LogP contribution in [-0.2, 0) is 9.53 Å². The van der Waals surface area contributed by atoms with Gasteiger partial charge in [-0.3, -0.25) is 0 Å². The van der Waals surface area contributed by atoms with Gasteiger partial charge in [0.25, 0.3) is 0 Å². The lowest BCUT2D eigenvalue weighted by molar-refractivity contribution is -0.131. The number of ether oxygens (including phenoxy) is 1. The highest BCUT2D eigenvalue weighted by atomic mass is 16.6. The van der Waals surface area contributed by atoms with Gasteiger partial charge in [0.05, 0.1) is 22.5 Å². The van der Waals surface area contributed by atoms with E-state index in [1.165, 1.54) is 18.5 Å². The number of carbonyl (C=O) groups is 2. The zero-order chi connectivity index (χ0) is 21.3. The molecular formula is C23H20N4O3. The summed E-state index contributed by atoms with van der Waals surface area (Å²) >= 11 is 0. The summed E-state index contributed by atoms with van der Waals surface area (Å²) in [4.78, 5) is 29.6. The van der Waals surface area contributed by atoms with E-state index in [0.29, 0.717) is 16.8 Å². The number of esters is 2. The molecule has 3 aromatic rings. The summed E-state index contributed by atoms with van der Waals surface area (Å²) in [6.07, 6.45) is 1.27. The van der Waals surface area contributed by atoms with E-state index in [4.69, 9.17) is 16.3 Å². The number of nitrogens with two attached hydrogens (primary N) is 2. The van der Waals surface area contributed by atoms with Crippen LogP contribution in [-0.4, -0.2) is 18.3 Å². The second kappa shape index (κ2) is 9.81. The highest BCUT2D eigenvalue weighted by molar-refractivity contribution is 6.26. The van der Waals surface area contributed by atoms with Gasteiger partial charge in [-0.15, -0.1) is 0 Å². The van der Waals surface area contributed by atoms with Gasteiger partial charge in [-0.05, 0) is 29.3 Å². The minimum atomic E-state index is -0.843. The molecule has 0 aliphatic rings. The van der Waals surface area contributed by atoms with Gasteiger partial charge in [0.2, 0.25) is 0 Å². The largest absolute Gasteiger partial charge is 0.398 e. The molecule has 0 fully saturated rings. The third-order valence-electron chi connectivity index (χ3n) is 4.18. The number of nitrogens with one attached hydrogen (secondary N) is 1. The molecule has 0 unspecified atom stereocenters. The Balaban J connectivity index is 1.93. The van der Waals surface area contributed by atoms with Crippen molar-refractivity contribution in [2.24, 2.45) is 16.6 Å². The van der Waals surface area contributed by atoms with Crippen molar-refractivity contribution in [2.75, 3.05) is 0 Å². The molecule has 5 N–H and O–H groups in total. The van der Waals surface area contributed by atoms with Crippen molar-refractivity contribution in [3.63, 3.8) is 0 Å². The van der Waals surface area contributed by atoms with Crippen LogP contribution in [0.1, 0.15) is 21.5 Å². The summed E-state index contributed by atoms with van der Waals surface area (Å²) in [5, 5.41) is 0. The molecule has 0 aliphatic heterocycles. The van der Waals surface area contributed by atoms with E-state index < -0.39 is 11.9 Å². The number of carbonyl (C=O) groups excluding carboxylic acids is 2. The lowest BCUT2D eigenvalue weighted by atomic mass is 10.00. The van der Waals surface area contributed by atoms with Crippen molar-refractivity contribution in [1.82, 2.24) is 5.43 Å². The summed E-state index contributed by atoms with van der Waals surface area (Å²) in [6.45, 7) is 0. The van der Waals surface area contributed by atoms with E-state index in [1.807, 2.05) is 24.3 Å². The molecule has 7 heteroatoms.